The van der Waals surface area contributed by atoms with E-state index in [1.165, 1.54) is 12.8 Å². The van der Waals surface area contributed by atoms with Crippen LogP contribution in [-0.4, -0.2) is 16.9 Å². The van der Waals surface area contributed by atoms with Crippen molar-refractivity contribution in [1.29, 1.82) is 0 Å². The van der Waals surface area contributed by atoms with Crippen LogP contribution in [0.25, 0.3) is 0 Å². The van der Waals surface area contributed by atoms with Crippen LogP contribution in [0.5, 0.6) is 0 Å². The first-order valence-corrected chi connectivity index (χ1v) is 5.88. The summed E-state index contributed by atoms with van der Waals surface area (Å²) >= 11 is 3.28. The lowest BCUT2D eigenvalue weighted by atomic mass is 10.2. The average Bonchev–Trinajstić information content (AvgIpc) is 3.01. The van der Waals surface area contributed by atoms with Crippen LogP contribution in [0.4, 0.5) is 0 Å². The molecule has 1 aromatic rings. The van der Waals surface area contributed by atoms with Crippen molar-refractivity contribution in [2.24, 2.45) is 5.92 Å². The van der Waals surface area contributed by atoms with Crippen molar-refractivity contribution in [2.45, 2.75) is 25.8 Å². The topological polar surface area (TPSA) is 42.0 Å². The van der Waals surface area contributed by atoms with E-state index in [1.54, 1.807) is 12.3 Å². The Morgan fingerprint density at radius 3 is 2.87 bits per heavy atom. The number of hydrogen-bond donors (Lipinski definition) is 1. The van der Waals surface area contributed by atoms with E-state index in [9.17, 15) is 4.79 Å². The Morgan fingerprint density at radius 1 is 1.60 bits per heavy atom. The maximum absolute atomic E-state index is 11.7. The number of nitrogens with one attached hydrogen (secondary N) is 1. The van der Waals surface area contributed by atoms with Crippen LogP contribution >= 0.6 is 15.9 Å². The summed E-state index contributed by atoms with van der Waals surface area (Å²) in [6.45, 7) is 2.05. The van der Waals surface area contributed by atoms with Crippen LogP contribution in [0.1, 0.15) is 30.3 Å². The highest BCUT2D eigenvalue weighted by molar-refractivity contribution is 9.10. The Balaban J connectivity index is 1.97. The summed E-state index contributed by atoms with van der Waals surface area (Å²) in [6, 6.07) is 3.81. The Morgan fingerprint density at radius 2 is 2.33 bits per heavy atom. The zero-order chi connectivity index (χ0) is 10.8. The highest BCUT2D eigenvalue weighted by atomic mass is 79.9. The Hall–Kier alpha value is -0.900. The summed E-state index contributed by atoms with van der Waals surface area (Å²) in [7, 11) is 0. The molecular formula is C11H13BrN2O. The largest absolute Gasteiger partial charge is 0.348 e. The molecule has 1 aliphatic carbocycles. The molecule has 4 heteroatoms. The fourth-order valence-corrected chi connectivity index (χ4v) is 1.74. The van der Waals surface area contributed by atoms with Gasteiger partial charge in [0.15, 0.2) is 0 Å². The van der Waals surface area contributed by atoms with E-state index in [1.807, 2.05) is 6.07 Å². The minimum atomic E-state index is -0.0816. The number of halogens is 1. The maximum atomic E-state index is 11.7. The van der Waals surface area contributed by atoms with Gasteiger partial charge in [0.25, 0.3) is 5.91 Å². The molecule has 1 heterocycles. The number of carbonyl (C=O) groups excluding carboxylic acids is 1. The predicted molar refractivity (Wildman–Crippen MR) is 61.6 cm³/mol. The van der Waals surface area contributed by atoms with Gasteiger partial charge in [-0.2, -0.15) is 0 Å². The third kappa shape index (κ3) is 2.78. The number of hydrogen-bond acceptors (Lipinski definition) is 2. The third-order valence-electron chi connectivity index (χ3n) is 2.65. The summed E-state index contributed by atoms with van der Waals surface area (Å²) in [6.07, 6.45) is 4.10. The third-order valence-corrected chi connectivity index (χ3v) is 3.12. The molecule has 0 radical (unpaired) electrons. The second kappa shape index (κ2) is 4.31. The quantitative estimate of drug-likeness (QED) is 0.915. The first-order chi connectivity index (χ1) is 7.16. The van der Waals surface area contributed by atoms with Gasteiger partial charge in [0, 0.05) is 16.7 Å². The van der Waals surface area contributed by atoms with Gasteiger partial charge in [-0.05, 0) is 53.7 Å². The van der Waals surface area contributed by atoms with Crippen molar-refractivity contribution in [2.75, 3.05) is 0 Å². The van der Waals surface area contributed by atoms with Crippen LogP contribution in [0.15, 0.2) is 22.8 Å². The van der Waals surface area contributed by atoms with Crippen molar-refractivity contribution in [3.63, 3.8) is 0 Å². The molecule has 1 N–H and O–H groups in total. The SMILES string of the molecule is CC(NC(=O)c1ccc(Br)cn1)C1CC1. The van der Waals surface area contributed by atoms with E-state index in [2.05, 4.69) is 33.2 Å². The minimum Gasteiger partial charge on any atom is -0.348 e. The molecule has 0 saturated heterocycles. The van der Waals surface area contributed by atoms with Gasteiger partial charge in [-0.15, -0.1) is 0 Å². The van der Waals surface area contributed by atoms with Crippen molar-refractivity contribution in [3.05, 3.63) is 28.5 Å². The molecule has 1 saturated carbocycles. The number of amides is 1. The minimum absolute atomic E-state index is 0.0816. The zero-order valence-electron chi connectivity index (χ0n) is 8.53. The molecule has 0 aromatic carbocycles. The van der Waals surface area contributed by atoms with Gasteiger partial charge in [-0.3, -0.25) is 4.79 Å². The van der Waals surface area contributed by atoms with E-state index in [0.717, 1.165) is 4.47 Å². The molecule has 1 amide bonds. The molecule has 0 aliphatic heterocycles. The van der Waals surface area contributed by atoms with E-state index in [4.69, 9.17) is 0 Å². The standard InChI is InChI=1S/C11H13BrN2O/c1-7(8-2-3-8)14-11(15)10-5-4-9(12)6-13-10/h4-8H,2-3H2,1H3,(H,14,15). The van der Waals surface area contributed by atoms with Crippen molar-refractivity contribution in [1.82, 2.24) is 10.3 Å². The van der Waals surface area contributed by atoms with Gasteiger partial charge in [-0.1, -0.05) is 0 Å². The summed E-state index contributed by atoms with van der Waals surface area (Å²) in [5, 5.41) is 2.96. The number of pyridine rings is 1. The lowest BCUT2D eigenvalue weighted by Crippen LogP contribution is -2.34. The van der Waals surface area contributed by atoms with Crippen LogP contribution < -0.4 is 5.32 Å². The first-order valence-electron chi connectivity index (χ1n) is 5.09. The number of nitrogens with zero attached hydrogens (tertiary/aromatic N) is 1. The summed E-state index contributed by atoms with van der Waals surface area (Å²) in [5.74, 6) is 0.589. The normalized spacial score (nSPS) is 17.2. The van der Waals surface area contributed by atoms with Gasteiger partial charge >= 0.3 is 0 Å². The Kier molecular flexibility index (Phi) is 3.05. The van der Waals surface area contributed by atoms with Gasteiger partial charge in [0.1, 0.15) is 5.69 Å². The Bertz CT molecular complexity index is 359. The van der Waals surface area contributed by atoms with Gasteiger partial charge in [0.2, 0.25) is 0 Å². The van der Waals surface area contributed by atoms with Gasteiger partial charge in [0.05, 0.1) is 0 Å². The molecule has 1 aliphatic rings. The monoisotopic (exact) mass is 268 g/mol. The molecule has 0 bridgehead atoms. The zero-order valence-corrected chi connectivity index (χ0v) is 10.1. The number of carbonyl (C=O) groups is 1. The molecule has 2 rings (SSSR count). The molecular weight excluding hydrogens is 256 g/mol. The molecule has 1 unspecified atom stereocenters. The van der Waals surface area contributed by atoms with Gasteiger partial charge < -0.3 is 5.32 Å². The highest BCUT2D eigenvalue weighted by Crippen LogP contribution is 2.32. The summed E-state index contributed by atoms with van der Waals surface area (Å²) in [5.41, 5.74) is 0.478. The van der Waals surface area contributed by atoms with Crippen LogP contribution in [-0.2, 0) is 0 Å². The second-order valence-corrected chi connectivity index (χ2v) is 4.88. The average molecular weight is 269 g/mol. The van der Waals surface area contributed by atoms with Crippen LogP contribution in [0, 0.1) is 5.92 Å². The van der Waals surface area contributed by atoms with Crippen molar-refractivity contribution >= 4 is 21.8 Å². The smallest absolute Gasteiger partial charge is 0.270 e. The van der Waals surface area contributed by atoms with Crippen LogP contribution in [0.2, 0.25) is 0 Å². The van der Waals surface area contributed by atoms with Crippen molar-refractivity contribution < 1.29 is 4.79 Å². The maximum Gasteiger partial charge on any atom is 0.270 e. The lowest BCUT2D eigenvalue weighted by molar-refractivity contribution is 0.0931. The fourth-order valence-electron chi connectivity index (χ4n) is 1.50. The Labute approximate surface area is 97.4 Å². The number of rotatable bonds is 3. The van der Waals surface area contributed by atoms with Gasteiger partial charge in [-0.25, -0.2) is 4.98 Å². The molecule has 3 nitrogen and oxygen atoms in total. The van der Waals surface area contributed by atoms with Crippen LogP contribution in [0.3, 0.4) is 0 Å². The lowest BCUT2D eigenvalue weighted by Gasteiger charge is -2.11. The molecule has 0 spiro atoms. The van der Waals surface area contributed by atoms with E-state index >= 15 is 0 Å². The molecule has 1 fully saturated rings. The highest BCUT2D eigenvalue weighted by Gasteiger charge is 2.29. The summed E-state index contributed by atoms with van der Waals surface area (Å²) < 4.78 is 0.884. The van der Waals surface area contributed by atoms with Crippen molar-refractivity contribution in [3.8, 4) is 0 Å². The molecule has 15 heavy (non-hydrogen) atoms. The molecule has 80 valence electrons. The predicted octanol–water partition coefficient (Wildman–Crippen LogP) is 2.37. The molecule has 1 aromatic heterocycles. The summed E-state index contributed by atoms with van der Waals surface area (Å²) in [4.78, 5) is 15.8. The van der Waals surface area contributed by atoms with E-state index in [0.29, 0.717) is 11.6 Å². The molecule has 1 atom stereocenters. The van der Waals surface area contributed by atoms with E-state index < -0.39 is 0 Å². The second-order valence-electron chi connectivity index (χ2n) is 3.96. The number of aromatic nitrogens is 1. The van der Waals surface area contributed by atoms with E-state index in [-0.39, 0.29) is 11.9 Å². The first kappa shape index (κ1) is 10.6. The fraction of sp³-hybridized carbons (Fsp3) is 0.455.